The minimum absolute atomic E-state index is 0.0252. The predicted octanol–water partition coefficient (Wildman–Crippen LogP) is 3.78. The minimum Gasteiger partial charge on any atom is -0.493 e. The molecule has 46 heavy (non-hydrogen) atoms. The van der Waals surface area contributed by atoms with E-state index in [4.69, 9.17) is 4.74 Å². The molecule has 1 aromatic carbocycles. The van der Waals surface area contributed by atoms with Crippen LogP contribution in [-0.4, -0.2) is 99.6 Å². The van der Waals surface area contributed by atoms with E-state index in [1.807, 2.05) is 24.3 Å². The van der Waals surface area contributed by atoms with Crippen molar-refractivity contribution in [2.24, 2.45) is 17.8 Å². The van der Waals surface area contributed by atoms with E-state index in [-0.39, 0.29) is 42.3 Å². The molecule has 5 aliphatic rings. The Hall–Kier alpha value is -3.34. The van der Waals surface area contributed by atoms with Gasteiger partial charge in [0, 0.05) is 49.2 Å². The van der Waals surface area contributed by atoms with E-state index in [0.29, 0.717) is 38.1 Å². The van der Waals surface area contributed by atoms with Crippen LogP contribution >= 0.6 is 0 Å². The number of piperidine rings is 1. The quantitative estimate of drug-likeness (QED) is 0.396. The molecule has 11 heteroatoms. The lowest BCUT2D eigenvalue weighted by Crippen LogP contribution is -2.67. The monoisotopic (exact) mass is 637 g/mol. The summed E-state index contributed by atoms with van der Waals surface area (Å²) in [6.45, 7) is 8.62. The Morgan fingerprint density at radius 1 is 1.04 bits per heavy atom. The SMILES string of the molecule is C[C@@H](CN(C(=O)O)C(C)(C)C)C(=O)N[C@H](C(=O)N1C[C@H]2C[C@@H]3C[C@@H]3N2C[C@H]1C(=O)N[C@@H]1CCOc2ccccc21)C1CCCCC1. The van der Waals surface area contributed by atoms with Gasteiger partial charge in [0.15, 0.2) is 0 Å². The third-order valence-corrected chi connectivity index (χ3v) is 11.0. The van der Waals surface area contributed by atoms with Gasteiger partial charge in [0.2, 0.25) is 17.7 Å². The first-order valence-corrected chi connectivity index (χ1v) is 17.3. The number of amides is 4. The van der Waals surface area contributed by atoms with Crippen LogP contribution in [0.3, 0.4) is 0 Å². The summed E-state index contributed by atoms with van der Waals surface area (Å²) in [7, 11) is 0. The van der Waals surface area contributed by atoms with Crippen molar-refractivity contribution in [1.29, 1.82) is 0 Å². The molecule has 252 valence electrons. The summed E-state index contributed by atoms with van der Waals surface area (Å²) in [5, 5.41) is 16.2. The normalized spacial score (nSPS) is 28.9. The van der Waals surface area contributed by atoms with Gasteiger partial charge in [-0.1, -0.05) is 44.4 Å². The van der Waals surface area contributed by atoms with Crippen LogP contribution in [0, 0.1) is 17.8 Å². The molecule has 11 nitrogen and oxygen atoms in total. The van der Waals surface area contributed by atoms with E-state index >= 15 is 0 Å². The molecule has 0 bridgehead atoms. The van der Waals surface area contributed by atoms with Crippen LogP contribution in [0.5, 0.6) is 5.75 Å². The second-order valence-corrected chi connectivity index (χ2v) is 15.2. The summed E-state index contributed by atoms with van der Waals surface area (Å²) >= 11 is 0. The number of hydrogen-bond acceptors (Lipinski definition) is 6. The number of benzene rings is 1. The van der Waals surface area contributed by atoms with Crippen molar-refractivity contribution in [3.05, 3.63) is 29.8 Å². The molecule has 2 saturated heterocycles. The number of carboxylic acid groups (broad SMARTS) is 1. The average molecular weight is 638 g/mol. The molecule has 3 aliphatic heterocycles. The molecule has 0 spiro atoms. The first-order valence-electron chi connectivity index (χ1n) is 17.3. The van der Waals surface area contributed by atoms with Gasteiger partial charge in [-0.15, -0.1) is 0 Å². The van der Waals surface area contributed by atoms with Crippen molar-refractivity contribution in [1.82, 2.24) is 25.3 Å². The molecule has 0 aromatic heterocycles. The molecule has 3 N–H and O–H groups in total. The van der Waals surface area contributed by atoms with E-state index in [1.165, 1.54) is 4.90 Å². The topological polar surface area (TPSA) is 132 Å². The lowest BCUT2D eigenvalue weighted by atomic mass is 9.82. The third-order valence-electron chi connectivity index (χ3n) is 11.0. The van der Waals surface area contributed by atoms with Gasteiger partial charge in [-0.3, -0.25) is 19.3 Å². The highest BCUT2D eigenvalue weighted by Gasteiger charge is 2.56. The number of carbonyl (C=O) groups is 4. The molecular weight excluding hydrogens is 586 g/mol. The highest BCUT2D eigenvalue weighted by Crippen LogP contribution is 2.49. The highest BCUT2D eigenvalue weighted by molar-refractivity contribution is 5.93. The van der Waals surface area contributed by atoms with Gasteiger partial charge in [-0.25, -0.2) is 4.79 Å². The molecule has 0 unspecified atom stereocenters. The zero-order chi connectivity index (χ0) is 32.7. The number of para-hydroxylation sites is 1. The van der Waals surface area contributed by atoms with E-state index in [0.717, 1.165) is 56.3 Å². The summed E-state index contributed by atoms with van der Waals surface area (Å²) in [5.74, 6) is 0.0458. The molecule has 6 rings (SSSR count). The molecule has 7 atom stereocenters. The van der Waals surface area contributed by atoms with Crippen molar-refractivity contribution in [2.45, 2.75) is 115 Å². The fourth-order valence-electron chi connectivity index (χ4n) is 8.31. The maximum absolute atomic E-state index is 14.7. The van der Waals surface area contributed by atoms with Gasteiger partial charge in [-0.2, -0.15) is 0 Å². The second-order valence-electron chi connectivity index (χ2n) is 15.2. The van der Waals surface area contributed by atoms with E-state index < -0.39 is 29.6 Å². The van der Waals surface area contributed by atoms with Crippen molar-refractivity contribution < 1.29 is 29.0 Å². The van der Waals surface area contributed by atoms with Crippen LogP contribution in [0.4, 0.5) is 4.79 Å². The number of nitrogens with one attached hydrogen (secondary N) is 2. The van der Waals surface area contributed by atoms with Gasteiger partial charge in [0.05, 0.1) is 18.6 Å². The van der Waals surface area contributed by atoms with Crippen LogP contribution in [0.25, 0.3) is 0 Å². The van der Waals surface area contributed by atoms with Crippen LogP contribution in [0.15, 0.2) is 24.3 Å². The van der Waals surface area contributed by atoms with Crippen molar-refractivity contribution >= 4 is 23.8 Å². The van der Waals surface area contributed by atoms with Crippen molar-refractivity contribution in [3.8, 4) is 5.75 Å². The average Bonchev–Trinajstić information content (AvgIpc) is 3.71. The zero-order valence-electron chi connectivity index (χ0n) is 27.7. The maximum Gasteiger partial charge on any atom is 0.407 e. The van der Waals surface area contributed by atoms with Crippen molar-refractivity contribution in [2.75, 3.05) is 26.2 Å². The Labute approximate surface area is 272 Å². The lowest BCUT2D eigenvalue weighted by molar-refractivity contribution is -0.150. The molecule has 4 amide bonds. The van der Waals surface area contributed by atoms with Crippen LogP contribution in [0.2, 0.25) is 0 Å². The number of carbonyl (C=O) groups excluding carboxylic acids is 3. The molecule has 4 fully saturated rings. The summed E-state index contributed by atoms with van der Waals surface area (Å²) in [4.78, 5) is 60.1. The molecule has 2 aliphatic carbocycles. The van der Waals surface area contributed by atoms with Crippen LogP contribution in [0.1, 0.15) is 90.7 Å². The number of piperazine rings is 1. The Morgan fingerprint density at radius 3 is 2.50 bits per heavy atom. The first-order chi connectivity index (χ1) is 21.9. The maximum atomic E-state index is 14.7. The Morgan fingerprint density at radius 2 is 1.78 bits per heavy atom. The number of fused-ring (bicyclic) bond motifs is 4. The first kappa shape index (κ1) is 32.6. The summed E-state index contributed by atoms with van der Waals surface area (Å²) in [5.41, 5.74) is 0.274. The van der Waals surface area contributed by atoms with Crippen molar-refractivity contribution in [3.63, 3.8) is 0 Å². The van der Waals surface area contributed by atoms with Crippen LogP contribution < -0.4 is 15.4 Å². The van der Waals surface area contributed by atoms with Gasteiger partial charge in [0.25, 0.3) is 0 Å². The number of hydrogen-bond donors (Lipinski definition) is 3. The predicted molar refractivity (Wildman–Crippen MR) is 172 cm³/mol. The van der Waals surface area contributed by atoms with Gasteiger partial charge in [-0.05, 0) is 64.4 Å². The third kappa shape index (κ3) is 6.71. The number of ether oxygens (including phenoxy) is 1. The minimum atomic E-state index is -1.08. The largest absolute Gasteiger partial charge is 0.493 e. The summed E-state index contributed by atoms with van der Waals surface area (Å²) in [6, 6.07) is 6.86. The number of nitrogens with zero attached hydrogens (tertiary/aromatic N) is 3. The zero-order valence-corrected chi connectivity index (χ0v) is 27.7. The smallest absolute Gasteiger partial charge is 0.407 e. The fraction of sp³-hybridized carbons (Fsp3) is 0.714. The molecule has 3 heterocycles. The summed E-state index contributed by atoms with van der Waals surface area (Å²) in [6.07, 6.45) is 6.50. The molecular formula is C35H51N5O6. The van der Waals surface area contributed by atoms with E-state index in [2.05, 4.69) is 15.5 Å². The van der Waals surface area contributed by atoms with E-state index in [9.17, 15) is 24.3 Å². The van der Waals surface area contributed by atoms with Gasteiger partial charge < -0.3 is 30.3 Å². The Bertz CT molecular complexity index is 1320. The molecule has 0 radical (unpaired) electrons. The Kier molecular flexibility index (Phi) is 9.24. The number of rotatable bonds is 8. The Balaban J connectivity index is 1.23. The van der Waals surface area contributed by atoms with Gasteiger partial charge >= 0.3 is 6.09 Å². The molecule has 2 saturated carbocycles. The van der Waals surface area contributed by atoms with Gasteiger partial charge in [0.1, 0.15) is 17.8 Å². The lowest BCUT2D eigenvalue weighted by Gasteiger charge is -2.46. The standard InChI is InChI=1S/C35H51N5O6/c1-21(18-40(34(44)45)35(2,3)4)31(41)37-30(22-10-6-5-7-11-22)33(43)39-19-24-16-23-17-27(23)38(24)20-28(39)32(42)36-26-14-15-46-29-13-9-8-12-25(26)29/h8-9,12-13,21-24,26-28,30H,5-7,10-11,14-20H2,1-4H3,(H,36,42)(H,37,41)(H,44,45)/t21-,23+,24+,26+,27-,28-,30-/m0/s1. The van der Waals surface area contributed by atoms with Crippen LogP contribution in [-0.2, 0) is 14.4 Å². The second kappa shape index (κ2) is 13.0. The fourth-order valence-corrected chi connectivity index (χ4v) is 8.31. The highest BCUT2D eigenvalue weighted by atomic mass is 16.5. The molecule has 1 aromatic rings. The summed E-state index contributed by atoms with van der Waals surface area (Å²) < 4.78 is 5.83. The van der Waals surface area contributed by atoms with E-state index in [1.54, 1.807) is 32.6 Å².